The van der Waals surface area contributed by atoms with Gasteiger partial charge in [0.15, 0.2) is 0 Å². The molecule has 8 heteroatoms. The minimum Gasteiger partial charge on any atom is -0.381 e. The minimum absolute atomic E-state index is 0.313. The number of nitrogens with zero attached hydrogens (tertiary/aromatic N) is 4. The molecule has 1 aromatic heterocycles. The van der Waals surface area contributed by atoms with E-state index < -0.39 is 29.7 Å². The van der Waals surface area contributed by atoms with E-state index in [1.165, 1.54) is 24.3 Å². The molecule has 0 aliphatic carbocycles. The van der Waals surface area contributed by atoms with Crippen molar-refractivity contribution in [1.29, 1.82) is 0 Å². The summed E-state index contributed by atoms with van der Waals surface area (Å²) in [4.78, 5) is 31.9. The number of hydrogen-bond donors (Lipinski definition) is 0. The van der Waals surface area contributed by atoms with E-state index >= 15 is 0 Å². The number of aromatic nitrogens is 2. The molecule has 1 saturated heterocycles. The van der Waals surface area contributed by atoms with Gasteiger partial charge in [0.1, 0.15) is 17.4 Å². The molecule has 0 spiro atoms. The van der Waals surface area contributed by atoms with E-state index in [2.05, 4.69) is 10.3 Å². The third kappa shape index (κ3) is 2.10. The van der Waals surface area contributed by atoms with Crippen LogP contribution in [0.4, 0.5) is 10.1 Å². The molecule has 2 amide bonds. The normalized spacial score (nSPS) is 22.2. The number of anilines is 1. The summed E-state index contributed by atoms with van der Waals surface area (Å²) in [6, 6.07) is 5.19. The second kappa shape index (κ2) is 5.23. The second-order valence-corrected chi connectivity index (χ2v) is 6.14. The van der Waals surface area contributed by atoms with Crippen molar-refractivity contribution >= 4 is 23.2 Å². The fraction of sp³-hybridized carbons (Fsp3) is 0.294. The van der Waals surface area contributed by atoms with Gasteiger partial charge < -0.3 is 4.84 Å². The minimum atomic E-state index is -0.994. The molecule has 1 aromatic carbocycles. The number of carbonyl (C=O) groups is 2. The van der Waals surface area contributed by atoms with Crippen LogP contribution in [0.2, 0.25) is 0 Å². The molecule has 4 rings (SSSR count). The van der Waals surface area contributed by atoms with Crippen molar-refractivity contribution in [3.63, 3.8) is 0 Å². The lowest BCUT2D eigenvalue weighted by Gasteiger charge is -2.15. The Bertz CT molecular complexity index is 932. The average Bonchev–Trinajstić information content (AvgIpc) is 3.17. The number of oxime groups is 1. The van der Waals surface area contributed by atoms with Gasteiger partial charge in [-0.2, -0.15) is 5.10 Å². The fourth-order valence-corrected chi connectivity index (χ4v) is 3.37. The van der Waals surface area contributed by atoms with Gasteiger partial charge >= 0.3 is 0 Å². The molecular weight excluding hydrogens is 327 g/mol. The molecule has 2 aliphatic heterocycles. The van der Waals surface area contributed by atoms with Gasteiger partial charge in [0.25, 0.3) is 5.91 Å². The Morgan fingerprint density at radius 1 is 1.12 bits per heavy atom. The van der Waals surface area contributed by atoms with Crippen LogP contribution < -0.4 is 4.90 Å². The summed E-state index contributed by atoms with van der Waals surface area (Å²) in [5.74, 6) is -2.19. The van der Waals surface area contributed by atoms with Crippen LogP contribution in [0.3, 0.4) is 0 Å². The highest BCUT2D eigenvalue weighted by Crippen LogP contribution is 2.36. The zero-order chi connectivity index (χ0) is 17.9. The summed E-state index contributed by atoms with van der Waals surface area (Å²) in [7, 11) is 1.80. The van der Waals surface area contributed by atoms with Gasteiger partial charge in [0.05, 0.1) is 11.4 Å². The predicted octanol–water partition coefficient (Wildman–Crippen LogP) is 1.47. The molecule has 0 saturated carbocycles. The highest BCUT2D eigenvalue weighted by atomic mass is 19.1. The smallest absolute Gasteiger partial charge is 0.278 e. The molecule has 7 nitrogen and oxygen atoms in total. The standard InChI is InChI=1S/C17H15FN4O3/c1-8-12(9(2)21(3)19-8)14-13-15(25-20-14)17(24)22(16(13)23)11-6-4-10(18)5-7-11/h4-7,13,15H,1-3H3/t13-,15+/m0/s1. The molecule has 25 heavy (non-hydrogen) atoms. The van der Waals surface area contributed by atoms with Crippen molar-refractivity contribution in [2.45, 2.75) is 20.0 Å². The topological polar surface area (TPSA) is 76.8 Å². The lowest BCUT2D eigenvalue weighted by molar-refractivity contribution is -0.126. The van der Waals surface area contributed by atoms with Crippen LogP contribution in [0.25, 0.3) is 0 Å². The van der Waals surface area contributed by atoms with Gasteiger partial charge in [-0.3, -0.25) is 14.3 Å². The van der Waals surface area contributed by atoms with E-state index in [0.29, 0.717) is 17.1 Å². The highest BCUT2D eigenvalue weighted by molar-refractivity contribution is 6.32. The van der Waals surface area contributed by atoms with Gasteiger partial charge in [-0.25, -0.2) is 9.29 Å². The van der Waals surface area contributed by atoms with E-state index in [1.807, 2.05) is 13.8 Å². The van der Waals surface area contributed by atoms with Gasteiger partial charge in [-0.05, 0) is 38.1 Å². The number of hydrogen-bond acceptors (Lipinski definition) is 5. The van der Waals surface area contributed by atoms with Crippen LogP contribution in [0, 0.1) is 25.6 Å². The lowest BCUT2D eigenvalue weighted by atomic mass is 9.93. The van der Waals surface area contributed by atoms with Gasteiger partial charge in [0, 0.05) is 18.3 Å². The number of halogens is 1. The SMILES string of the molecule is Cc1nn(C)c(C)c1C1=NO[C@H]2C(=O)N(c3ccc(F)cc3)C(=O)[C@@H]12. The number of rotatable bonds is 2. The van der Waals surface area contributed by atoms with Crippen molar-refractivity contribution < 1.29 is 18.8 Å². The Hall–Kier alpha value is -3.03. The van der Waals surface area contributed by atoms with Crippen molar-refractivity contribution in [3.8, 4) is 0 Å². The maximum Gasteiger partial charge on any atom is 0.278 e. The monoisotopic (exact) mass is 342 g/mol. The molecule has 2 aromatic rings. The fourth-order valence-electron chi connectivity index (χ4n) is 3.37. The Morgan fingerprint density at radius 2 is 1.80 bits per heavy atom. The first-order valence-corrected chi connectivity index (χ1v) is 7.78. The zero-order valence-corrected chi connectivity index (χ0v) is 13.9. The molecular formula is C17H15FN4O3. The Balaban J connectivity index is 1.75. The summed E-state index contributed by atoms with van der Waals surface area (Å²) in [6.45, 7) is 3.68. The lowest BCUT2D eigenvalue weighted by Crippen LogP contribution is -2.33. The highest BCUT2D eigenvalue weighted by Gasteiger charge is 2.56. The maximum absolute atomic E-state index is 13.1. The quantitative estimate of drug-likeness (QED) is 0.775. The molecule has 0 N–H and O–H groups in total. The summed E-state index contributed by atoms with van der Waals surface area (Å²) in [6.07, 6.45) is -0.994. The van der Waals surface area contributed by atoms with E-state index in [-0.39, 0.29) is 0 Å². The van der Waals surface area contributed by atoms with Crippen molar-refractivity contribution in [2.75, 3.05) is 4.90 Å². The van der Waals surface area contributed by atoms with E-state index in [1.54, 1.807) is 11.7 Å². The van der Waals surface area contributed by atoms with Gasteiger partial charge in [-0.15, -0.1) is 0 Å². The molecule has 0 bridgehead atoms. The van der Waals surface area contributed by atoms with Gasteiger partial charge in [0.2, 0.25) is 12.0 Å². The molecule has 3 heterocycles. The number of benzene rings is 1. The number of imide groups is 1. The van der Waals surface area contributed by atoms with Crippen molar-refractivity contribution in [2.24, 2.45) is 18.1 Å². The Kier molecular flexibility index (Phi) is 3.24. The molecule has 2 atom stereocenters. The van der Waals surface area contributed by atoms with Crippen molar-refractivity contribution in [3.05, 3.63) is 47.0 Å². The van der Waals surface area contributed by atoms with Crippen molar-refractivity contribution in [1.82, 2.24) is 9.78 Å². The number of fused-ring (bicyclic) bond motifs is 1. The first-order valence-electron chi connectivity index (χ1n) is 7.78. The molecule has 2 aliphatic rings. The van der Waals surface area contributed by atoms with E-state index in [0.717, 1.165) is 16.2 Å². The maximum atomic E-state index is 13.1. The summed E-state index contributed by atoms with van der Waals surface area (Å²) in [5.41, 5.74) is 2.99. The largest absolute Gasteiger partial charge is 0.381 e. The van der Waals surface area contributed by atoms with Crippen LogP contribution >= 0.6 is 0 Å². The number of aryl methyl sites for hydroxylation is 2. The molecule has 128 valence electrons. The third-order valence-corrected chi connectivity index (χ3v) is 4.66. The zero-order valence-electron chi connectivity index (χ0n) is 13.9. The van der Waals surface area contributed by atoms with E-state index in [9.17, 15) is 14.0 Å². The second-order valence-electron chi connectivity index (χ2n) is 6.14. The first kappa shape index (κ1) is 15.5. The summed E-state index contributed by atoms with van der Waals surface area (Å²) >= 11 is 0. The summed E-state index contributed by atoms with van der Waals surface area (Å²) < 4.78 is 14.8. The Labute approximate surface area is 142 Å². The third-order valence-electron chi connectivity index (χ3n) is 4.66. The van der Waals surface area contributed by atoms with Crippen LogP contribution in [-0.2, 0) is 21.5 Å². The van der Waals surface area contributed by atoms with E-state index in [4.69, 9.17) is 4.84 Å². The van der Waals surface area contributed by atoms with Gasteiger partial charge in [-0.1, -0.05) is 5.16 Å². The summed E-state index contributed by atoms with van der Waals surface area (Å²) in [5, 5.41) is 8.33. The molecule has 0 unspecified atom stereocenters. The van der Waals surface area contributed by atoms with Crippen LogP contribution in [-0.4, -0.2) is 33.4 Å². The first-order chi connectivity index (χ1) is 11.9. The number of amides is 2. The average molecular weight is 342 g/mol. The molecule has 0 radical (unpaired) electrons. The predicted molar refractivity (Wildman–Crippen MR) is 86.5 cm³/mol. The molecule has 1 fully saturated rings. The Morgan fingerprint density at radius 3 is 2.40 bits per heavy atom. The number of carbonyl (C=O) groups excluding carboxylic acids is 2. The van der Waals surface area contributed by atoms with Crippen LogP contribution in [0.1, 0.15) is 17.0 Å². The van der Waals surface area contributed by atoms with Crippen LogP contribution in [0.5, 0.6) is 0 Å². The van der Waals surface area contributed by atoms with Crippen LogP contribution in [0.15, 0.2) is 29.4 Å².